The molecule has 2 aromatic carbocycles. The zero-order chi connectivity index (χ0) is 24.2. The number of methoxy groups -OCH3 is 4. The fourth-order valence-corrected chi connectivity index (χ4v) is 4.25. The van der Waals surface area contributed by atoms with Gasteiger partial charge < -0.3 is 28.6 Å². The Labute approximate surface area is 198 Å². The van der Waals surface area contributed by atoms with Crippen LogP contribution in [0.3, 0.4) is 0 Å². The van der Waals surface area contributed by atoms with Crippen LogP contribution in [0.4, 0.5) is 0 Å². The predicted octanol–water partition coefficient (Wildman–Crippen LogP) is 3.66. The van der Waals surface area contributed by atoms with Crippen molar-refractivity contribution in [3.63, 3.8) is 0 Å². The van der Waals surface area contributed by atoms with Crippen molar-refractivity contribution in [2.45, 2.75) is 19.3 Å². The van der Waals surface area contributed by atoms with Crippen molar-refractivity contribution in [2.75, 3.05) is 41.6 Å². The lowest BCUT2D eigenvalue weighted by Crippen LogP contribution is -2.38. The Bertz CT molecular complexity index is 1140. The van der Waals surface area contributed by atoms with E-state index in [2.05, 4.69) is 10.2 Å². The van der Waals surface area contributed by atoms with Gasteiger partial charge in [0.1, 0.15) is 22.9 Å². The number of fused-ring (bicyclic) bond motifs is 1. The van der Waals surface area contributed by atoms with Crippen LogP contribution in [0.5, 0.6) is 17.2 Å². The summed E-state index contributed by atoms with van der Waals surface area (Å²) in [5.74, 6) is 1.83. The number of benzene rings is 2. The highest BCUT2D eigenvalue weighted by Gasteiger charge is 2.44. The molecule has 0 aliphatic carbocycles. The van der Waals surface area contributed by atoms with E-state index in [4.69, 9.17) is 23.7 Å². The molecule has 0 spiro atoms. The average molecular weight is 468 g/mol. The van der Waals surface area contributed by atoms with Crippen molar-refractivity contribution in [2.24, 2.45) is 0 Å². The van der Waals surface area contributed by atoms with Crippen LogP contribution in [0, 0.1) is 0 Å². The Morgan fingerprint density at radius 2 is 1.71 bits per heavy atom. The Hall–Kier alpha value is -3.56. The minimum Gasteiger partial charge on any atom is -0.497 e. The molecule has 1 N–H and O–H groups in total. The maximum absolute atomic E-state index is 13.5. The average Bonchev–Trinajstić information content (AvgIpc) is 3.41. The molecule has 4 rings (SSSR count). The molecule has 0 saturated carbocycles. The molecule has 180 valence electrons. The summed E-state index contributed by atoms with van der Waals surface area (Å²) < 4.78 is 27.4. The van der Waals surface area contributed by atoms with Crippen LogP contribution in [0.15, 0.2) is 42.5 Å². The van der Waals surface area contributed by atoms with Crippen molar-refractivity contribution in [3.05, 3.63) is 59.3 Å². The number of aromatic amines is 1. The highest BCUT2D eigenvalue weighted by molar-refractivity contribution is 6.00. The molecule has 9 heteroatoms. The number of carbonyl (C=O) groups is 1. The molecular formula is C25H29N3O6. The van der Waals surface area contributed by atoms with Gasteiger partial charge in [-0.2, -0.15) is 5.10 Å². The molecule has 34 heavy (non-hydrogen) atoms. The molecule has 1 aromatic heterocycles. The fourth-order valence-electron chi connectivity index (χ4n) is 4.25. The summed E-state index contributed by atoms with van der Waals surface area (Å²) in [5, 5.41) is 7.47. The third kappa shape index (κ3) is 4.20. The number of rotatable bonds is 10. The summed E-state index contributed by atoms with van der Waals surface area (Å²) in [6, 6.07) is 12.7. The lowest BCUT2D eigenvalue weighted by molar-refractivity contribution is -0.113. The second-order valence-corrected chi connectivity index (χ2v) is 7.69. The van der Waals surface area contributed by atoms with Crippen LogP contribution in [0.1, 0.15) is 34.6 Å². The van der Waals surface area contributed by atoms with E-state index >= 15 is 0 Å². The van der Waals surface area contributed by atoms with E-state index in [-0.39, 0.29) is 12.5 Å². The molecule has 1 aliphatic heterocycles. The first-order valence-corrected chi connectivity index (χ1v) is 11.0. The number of ether oxygens (including phenoxy) is 5. The standard InChI is InChI=1S/C25H29N3O6/c1-6-34-16-9-7-15(8-10-16)22-21-23(27-26-22)25(29)28(14-20(32-4)33-5)24(21)18-12-11-17(30-2)13-19(18)31-3/h7-13,20,24H,6,14H2,1-5H3,(H,26,27). The van der Waals surface area contributed by atoms with Crippen molar-refractivity contribution in [3.8, 4) is 28.5 Å². The van der Waals surface area contributed by atoms with Gasteiger partial charge in [0.25, 0.3) is 5.91 Å². The molecule has 1 atom stereocenters. The van der Waals surface area contributed by atoms with Crippen molar-refractivity contribution < 1.29 is 28.5 Å². The van der Waals surface area contributed by atoms with Gasteiger partial charge >= 0.3 is 0 Å². The number of hydrogen-bond donors (Lipinski definition) is 1. The van der Waals surface area contributed by atoms with Crippen LogP contribution in [0.2, 0.25) is 0 Å². The first-order valence-electron chi connectivity index (χ1n) is 11.0. The quantitative estimate of drug-likeness (QED) is 0.455. The Morgan fingerprint density at radius 3 is 2.32 bits per heavy atom. The van der Waals surface area contributed by atoms with Gasteiger partial charge in [-0.3, -0.25) is 9.89 Å². The number of amides is 1. The van der Waals surface area contributed by atoms with Crippen molar-refractivity contribution in [1.82, 2.24) is 15.1 Å². The van der Waals surface area contributed by atoms with E-state index in [0.29, 0.717) is 29.5 Å². The van der Waals surface area contributed by atoms with E-state index in [1.165, 1.54) is 0 Å². The molecule has 0 radical (unpaired) electrons. The van der Waals surface area contributed by atoms with Gasteiger partial charge in [0.15, 0.2) is 6.29 Å². The molecule has 1 amide bonds. The molecule has 0 saturated heterocycles. The number of nitrogens with one attached hydrogen (secondary N) is 1. The molecule has 1 unspecified atom stereocenters. The lowest BCUT2D eigenvalue weighted by Gasteiger charge is -2.30. The van der Waals surface area contributed by atoms with Crippen LogP contribution in [-0.4, -0.2) is 68.9 Å². The number of hydrogen-bond acceptors (Lipinski definition) is 7. The summed E-state index contributed by atoms with van der Waals surface area (Å²) in [7, 11) is 6.28. The van der Waals surface area contributed by atoms with Crippen LogP contribution >= 0.6 is 0 Å². The summed E-state index contributed by atoms with van der Waals surface area (Å²) in [4.78, 5) is 15.2. The van der Waals surface area contributed by atoms with Gasteiger partial charge in [0, 0.05) is 37.0 Å². The fraction of sp³-hybridized carbons (Fsp3) is 0.360. The van der Waals surface area contributed by atoms with E-state index in [9.17, 15) is 4.79 Å². The SMILES string of the molecule is CCOc1ccc(-c2n[nH]c3c2C(c2ccc(OC)cc2OC)N(CC(OC)OC)C3=O)cc1. The highest BCUT2D eigenvalue weighted by Crippen LogP contribution is 2.46. The topological polar surface area (TPSA) is 95.1 Å². The van der Waals surface area contributed by atoms with E-state index in [1.54, 1.807) is 39.4 Å². The normalized spacial score (nSPS) is 15.1. The van der Waals surface area contributed by atoms with Crippen LogP contribution < -0.4 is 14.2 Å². The van der Waals surface area contributed by atoms with Gasteiger partial charge in [-0.05, 0) is 43.3 Å². The molecule has 3 aromatic rings. The number of nitrogens with zero attached hydrogens (tertiary/aromatic N) is 2. The minimum absolute atomic E-state index is 0.193. The maximum Gasteiger partial charge on any atom is 0.273 e. The highest BCUT2D eigenvalue weighted by atomic mass is 16.7. The molecular weight excluding hydrogens is 438 g/mol. The van der Waals surface area contributed by atoms with E-state index < -0.39 is 12.3 Å². The van der Waals surface area contributed by atoms with Gasteiger partial charge in [-0.1, -0.05) is 0 Å². The summed E-state index contributed by atoms with van der Waals surface area (Å²) in [6.07, 6.45) is -0.596. The lowest BCUT2D eigenvalue weighted by atomic mass is 9.95. The van der Waals surface area contributed by atoms with Gasteiger partial charge in [-0.15, -0.1) is 0 Å². The van der Waals surface area contributed by atoms with Crippen LogP contribution in [0.25, 0.3) is 11.3 Å². The minimum atomic E-state index is -0.596. The Morgan fingerprint density at radius 1 is 1.00 bits per heavy atom. The second-order valence-electron chi connectivity index (χ2n) is 7.69. The molecule has 0 bridgehead atoms. The molecule has 2 heterocycles. The maximum atomic E-state index is 13.5. The van der Waals surface area contributed by atoms with E-state index in [0.717, 1.165) is 22.4 Å². The first kappa shape index (κ1) is 23.6. The Balaban J connectivity index is 1.85. The van der Waals surface area contributed by atoms with E-state index in [1.807, 2.05) is 43.3 Å². The summed E-state index contributed by atoms with van der Waals surface area (Å²) in [6.45, 7) is 2.74. The van der Waals surface area contributed by atoms with Crippen molar-refractivity contribution >= 4 is 5.91 Å². The Kier molecular flexibility index (Phi) is 7.04. The largest absolute Gasteiger partial charge is 0.497 e. The smallest absolute Gasteiger partial charge is 0.273 e. The predicted molar refractivity (Wildman–Crippen MR) is 125 cm³/mol. The number of aromatic nitrogens is 2. The zero-order valence-corrected chi connectivity index (χ0v) is 20.0. The molecule has 0 fully saturated rings. The second kappa shape index (κ2) is 10.1. The van der Waals surface area contributed by atoms with Gasteiger partial charge in [0.2, 0.25) is 0 Å². The molecule has 9 nitrogen and oxygen atoms in total. The zero-order valence-electron chi connectivity index (χ0n) is 20.0. The monoisotopic (exact) mass is 467 g/mol. The number of carbonyl (C=O) groups excluding carboxylic acids is 1. The van der Waals surface area contributed by atoms with Crippen LogP contribution in [-0.2, 0) is 9.47 Å². The third-order valence-corrected chi connectivity index (χ3v) is 5.91. The van der Waals surface area contributed by atoms with Gasteiger partial charge in [-0.25, -0.2) is 0 Å². The van der Waals surface area contributed by atoms with Gasteiger partial charge in [0.05, 0.1) is 39.1 Å². The number of H-pyrrole nitrogens is 1. The third-order valence-electron chi connectivity index (χ3n) is 5.91. The summed E-state index contributed by atoms with van der Waals surface area (Å²) in [5.41, 5.74) is 3.54. The summed E-state index contributed by atoms with van der Waals surface area (Å²) >= 11 is 0. The molecule has 1 aliphatic rings. The first-order chi connectivity index (χ1) is 16.6. The van der Waals surface area contributed by atoms with Crippen molar-refractivity contribution in [1.29, 1.82) is 0 Å².